The number of rotatable bonds is 6. The Morgan fingerprint density at radius 2 is 1.21 bits per heavy atom. The zero-order valence-corrected chi connectivity index (χ0v) is 17.8. The summed E-state index contributed by atoms with van der Waals surface area (Å²) in [5.74, 6) is 0.532. The van der Waals surface area contributed by atoms with Crippen LogP contribution in [0.2, 0.25) is 0 Å². The van der Waals surface area contributed by atoms with Gasteiger partial charge in [-0.2, -0.15) is 0 Å². The average molecular weight is 397 g/mol. The highest BCUT2D eigenvalue weighted by molar-refractivity contribution is 5.80. The van der Waals surface area contributed by atoms with E-state index in [1.807, 2.05) is 32.6 Å². The van der Waals surface area contributed by atoms with Gasteiger partial charge in [-0.25, -0.2) is 4.79 Å². The smallest absolute Gasteiger partial charge is 0.409 e. The molecule has 7 heteroatoms. The maximum atomic E-state index is 12.8. The lowest BCUT2D eigenvalue weighted by atomic mass is 9.92. The highest BCUT2D eigenvalue weighted by atomic mass is 16.6. The quantitative estimate of drug-likeness (QED) is 0.645. The first-order chi connectivity index (χ1) is 13.3. The minimum absolute atomic E-state index is 0.0430. The lowest BCUT2D eigenvalue weighted by molar-refractivity contribution is -0.153. The molecule has 28 heavy (non-hydrogen) atoms. The van der Waals surface area contributed by atoms with Gasteiger partial charge < -0.3 is 19.3 Å². The number of amides is 2. The Balaban J connectivity index is 1.71. The molecule has 0 aromatic heterocycles. The van der Waals surface area contributed by atoms with E-state index in [0.717, 1.165) is 0 Å². The first kappa shape index (κ1) is 22.5. The Hall–Kier alpha value is -1.79. The van der Waals surface area contributed by atoms with Gasteiger partial charge >= 0.3 is 12.1 Å². The lowest BCUT2D eigenvalue weighted by Gasteiger charge is -2.36. The van der Waals surface area contributed by atoms with Crippen LogP contribution in [0.4, 0.5) is 4.79 Å². The third-order valence-corrected chi connectivity index (χ3v) is 5.34. The summed E-state index contributed by atoms with van der Waals surface area (Å²) in [7, 11) is 0. The monoisotopic (exact) mass is 396 g/mol. The molecule has 0 aromatic carbocycles. The van der Waals surface area contributed by atoms with Gasteiger partial charge in [0.2, 0.25) is 5.91 Å². The predicted molar refractivity (Wildman–Crippen MR) is 106 cm³/mol. The fourth-order valence-electron chi connectivity index (χ4n) is 3.60. The Kier molecular flexibility index (Phi) is 8.58. The molecular weight excluding hydrogens is 360 g/mol. The first-order valence-corrected chi connectivity index (χ1v) is 10.6. The fraction of sp³-hybridized carbons (Fsp3) is 0.857. The van der Waals surface area contributed by atoms with E-state index in [1.54, 1.807) is 4.90 Å². The maximum Gasteiger partial charge on any atom is 0.409 e. The Labute approximate surface area is 168 Å². The Morgan fingerprint density at radius 3 is 1.75 bits per heavy atom. The van der Waals surface area contributed by atoms with Gasteiger partial charge in [0.05, 0.1) is 19.1 Å². The Bertz CT molecular complexity index is 487. The normalized spacial score (nSPS) is 19.2. The number of carbonyl (C=O) groups excluding carboxylic acids is 3. The maximum absolute atomic E-state index is 12.8. The largest absolute Gasteiger partial charge is 0.465 e. The second-order valence-electron chi connectivity index (χ2n) is 8.86. The van der Waals surface area contributed by atoms with Crippen LogP contribution in [0.1, 0.15) is 53.4 Å². The van der Waals surface area contributed by atoms with Crippen molar-refractivity contribution < 1.29 is 23.9 Å². The van der Waals surface area contributed by atoms with Gasteiger partial charge in [0.1, 0.15) is 0 Å². The van der Waals surface area contributed by atoms with Crippen LogP contribution in [0.5, 0.6) is 0 Å². The molecule has 0 bridgehead atoms. The van der Waals surface area contributed by atoms with Gasteiger partial charge in [-0.05, 0) is 37.5 Å². The summed E-state index contributed by atoms with van der Waals surface area (Å²) in [5, 5.41) is 0. The van der Waals surface area contributed by atoms with E-state index < -0.39 is 0 Å². The summed E-state index contributed by atoms with van der Waals surface area (Å²) in [4.78, 5) is 40.5. The topological polar surface area (TPSA) is 76.2 Å². The number of piperidine rings is 2. The van der Waals surface area contributed by atoms with Crippen LogP contribution in [0.3, 0.4) is 0 Å². The van der Waals surface area contributed by atoms with Crippen LogP contribution in [0.25, 0.3) is 0 Å². The number of nitrogens with zero attached hydrogens (tertiary/aromatic N) is 2. The molecule has 0 spiro atoms. The molecule has 2 rings (SSSR count). The number of ether oxygens (including phenoxy) is 2. The average Bonchev–Trinajstić information content (AvgIpc) is 2.69. The molecule has 2 amide bonds. The number of hydrogen-bond acceptors (Lipinski definition) is 5. The second-order valence-corrected chi connectivity index (χ2v) is 8.86. The Morgan fingerprint density at radius 1 is 0.750 bits per heavy atom. The van der Waals surface area contributed by atoms with Gasteiger partial charge in [-0.3, -0.25) is 9.59 Å². The highest BCUT2D eigenvalue weighted by Gasteiger charge is 2.34. The number of carbonyl (C=O) groups is 3. The summed E-state index contributed by atoms with van der Waals surface area (Å²) < 4.78 is 10.6. The minimum Gasteiger partial charge on any atom is -0.465 e. The molecule has 160 valence electrons. The lowest BCUT2D eigenvalue weighted by Crippen LogP contribution is -2.47. The van der Waals surface area contributed by atoms with Crippen molar-refractivity contribution in [1.29, 1.82) is 0 Å². The van der Waals surface area contributed by atoms with Crippen molar-refractivity contribution in [1.82, 2.24) is 9.80 Å². The summed E-state index contributed by atoms with van der Waals surface area (Å²) in [5.41, 5.74) is 0. The molecule has 2 aliphatic heterocycles. The molecule has 0 atom stereocenters. The van der Waals surface area contributed by atoms with E-state index in [1.165, 1.54) is 0 Å². The summed E-state index contributed by atoms with van der Waals surface area (Å²) in [6.45, 7) is 11.3. The van der Waals surface area contributed by atoms with Crippen LogP contribution in [-0.2, 0) is 19.1 Å². The molecular formula is C21H36N2O5. The van der Waals surface area contributed by atoms with E-state index in [0.29, 0.717) is 76.9 Å². The van der Waals surface area contributed by atoms with Gasteiger partial charge in [-0.15, -0.1) is 0 Å². The molecule has 2 aliphatic rings. The number of hydrogen-bond donors (Lipinski definition) is 0. The van der Waals surface area contributed by atoms with E-state index in [9.17, 15) is 14.4 Å². The van der Waals surface area contributed by atoms with E-state index in [4.69, 9.17) is 9.47 Å². The van der Waals surface area contributed by atoms with Crippen molar-refractivity contribution in [2.45, 2.75) is 53.4 Å². The molecule has 2 saturated heterocycles. The van der Waals surface area contributed by atoms with Crippen LogP contribution in [-0.4, -0.2) is 67.2 Å². The molecule has 2 heterocycles. The van der Waals surface area contributed by atoms with Crippen molar-refractivity contribution >= 4 is 18.0 Å². The SMILES string of the molecule is CC(C)COC(=O)C1CCN(C(=O)C2CCN(C(=O)OCC(C)C)CC2)CC1. The molecule has 0 radical (unpaired) electrons. The van der Waals surface area contributed by atoms with E-state index >= 15 is 0 Å². The summed E-state index contributed by atoms with van der Waals surface area (Å²) in [6, 6.07) is 0. The zero-order valence-electron chi connectivity index (χ0n) is 17.8. The van der Waals surface area contributed by atoms with Gasteiger partial charge in [0.15, 0.2) is 0 Å². The van der Waals surface area contributed by atoms with Crippen LogP contribution >= 0.6 is 0 Å². The van der Waals surface area contributed by atoms with Gasteiger partial charge in [0, 0.05) is 32.1 Å². The summed E-state index contributed by atoms with van der Waals surface area (Å²) >= 11 is 0. The minimum atomic E-state index is -0.277. The second kappa shape index (κ2) is 10.7. The first-order valence-electron chi connectivity index (χ1n) is 10.6. The van der Waals surface area contributed by atoms with Gasteiger partial charge in [-0.1, -0.05) is 27.7 Å². The zero-order chi connectivity index (χ0) is 20.7. The molecule has 0 saturated carbocycles. The molecule has 0 aromatic rings. The van der Waals surface area contributed by atoms with Crippen molar-refractivity contribution in [2.75, 3.05) is 39.4 Å². The molecule has 0 N–H and O–H groups in total. The van der Waals surface area contributed by atoms with Crippen molar-refractivity contribution in [3.05, 3.63) is 0 Å². The number of esters is 1. The van der Waals surface area contributed by atoms with Crippen molar-refractivity contribution in [2.24, 2.45) is 23.7 Å². The molecule has 2 fully saturated rings. The third-order valence-electron chi connectivity index (χ3n) is 5.34. The molecule has 0 aliphatic carbocycles. The van der Waals surface area contributed by atoms with Crippen molar-refractivity contribution in [3.8, 4) is 0 Å². The van der Waals surface area contributed by atoms with Crippen LogP contribution in [0, 0.1) is 23.7 Å². The van der Waals surface area contributed by atoms with Crippen LogP contribution in [0.15, 0.2) is 0 Å². The van der Waals surface area contributed by atoms with Crippen LogP contribution < -0.4 is 0 Å². The van der Waals surface area contributed by atoms with Crippen molar-refractivity contribution in [3.63, 3.8) is 0 Å². The molecule has 7 nitrogen and oxygen atoms in total. The standard InChI is InChI=1S/C21H36N2O5/c1-15(2)13-27-20(25)18-7-9-22(10-8-18)19(24)17-5-11-23(12-6-17)21(26)28-14-16(3)4/h15-18H,5-14H2,1-4H3. The fourth-order valence-corrected chi connectivity index (χ4v) is 3.60. The summed E-state index contributed by atoms with van der Waals surface area (Å²) in [6.07, 6.45) is 2.41. The predicted octanol–water partition coefficient (Wildman–Crippen LogP) is 2.93. The van der Waals surface area contributed by atoms with E-state index in [-0.39, 0.29) is 29.8 Å². The highest BCUT2D eigenvalue weighted by Crippen LogP contribution is 2.25. The van der Waals surface area contributed by atoms with E-state index in [2.05, 4.69) is 0 Å². The molecule has 0 unspecified atom stereocenters. The third kappa shape index (κ3) is 6.67. The number of likely N-dealkylation sites (tertiary alicyclic amines) is 2. The van der Waals surface area contributed by atoms with Gasteiger partial charge in [0.25, 0.3) is 0 Å².